The summed E-state index contributed by atoms with van der Waals surface area (Å²) < 4.78 is 11.4. The highest BCUT2D eigenvalue weighted by atomic mass is 35.5. The Morgan fingerprint density at radius 3 is 2.92 bits per heavy atom. The normalized spacial score (nSPS) is 21.0. The van der Waals surface area contributed by atoms with Gasteiger partial charge in [0.15, 0.2) is 5.58 Å². The van der Waals surface area contributed by atoms with Crippen LogP contribution in [0.1, 0.15) is 12.5 Å². The van der Waals surface area contributed by atoms with Crippen molar-refractivity contribution in [1.82, 2.24) is 4.98 Å². The molecule has 5 nitrogen and oxygen atoms in total. The van der Waals surface area contributed by atoms with Gasteiger partial charge in [0, 0.05) is 10.6 Å². The summed E-state index contributed by atoms with van der Waals surface area (Å²) in [7, 11) is 0. The largest absolute Gasteiger partial charge is 0.436 e. The first-order valence-electron chi connectivity index (χ1n) is 7.62. The molecule has 0 bridgehead atoms. The Bertz CT molecular complexity index is 950. The van der Waals surface area contributed by atoms with Crippen molar-refractivity contribution in [2.45, 2.75) is 12.5 Å². The molecule has 0 fully saturated rings. The van der Waals surface area contributed by atoms with E-state index in [-0.39, 0.29) is 0 Å². The number of amidine groups is 1. The Morgan fingerprint density at radius 2 is 2.08 bits per heavy atom. The summed E-state index contributed by atoms with van der Waals surface area (Å²) in [4.78, 5) is 9.10. The van der Waals surface area contributed by atoms with Gasteiger partial charge >= 0.3 is 0 Å². The van der Waals surface area contributed by atoms with Gasteiger partial charge in [-0.05, 0) is 42.8 Å². The molecule has 1 aromatic heterocycles. The minimum absolute atomic E-state index is 0.376. The van der Waals surface area contributed by atoms with E-state index in [0.717, 1.165) is 16.6 Å². The number of aromatic nitrogens is 1. The fraction of sp³-hybridized carbons (Fsp3) is 0.222. The molecule has 0 spiro atoms. The highest BCUT2D eigenvalue weighted by molar-refractivity contribution is 6.31. The number of halogens is 1. The number of nitrogens with two attached hydrogens (primary N) is 1. The van der Waals surface area contributed by atoms with Gasteiger partial charge in [-0.1, -0.05) is 23.7 Å². The van der Waals surface area contributed by atoms with Crippen molar-refractivity contribution >= 4 is 28.5 Å². The molecule has 122 valence electrons. The maximum atomic E-state index is 6.01. The van der Waals surface area contributed by atoms with Crippen LogP contribution in [0, 0.1) is 0 Å². The number of hydrogen-bond donors (Lipinski definition) is 1. The molecule has 0 radical (unpaired) electrons. The number of fused-ring (bicyclic) bond motifs is 1. The molecule has 1 aliphatic heterocycles. The number of benzene rings is 2. The summed E-state index contributed by atoms with van der Waals surface area (Å²) in [6.45, 7) is 2.87. The van der Waals surface area contributed by atoms with Crippen LogP contribution in [-0.2, 0) is 10.3 Å². The SMILES string of the molecule is C[C@]1(c2cccc(-c3nc4cc(Cl)ccc4o3)c2)COCC(N)=N1. The van der Waals surface area contributed by atoms with Crippen molar-refractivity contribution in [2.24, 2.45) is 10.7 Å². The molecule has 4 rings (SSSR count). The second-order valence-electron chi connectivity index (χ2n) is 6.08. The Hall–Kier alpha value is -2.37. The van der Waals surface area contributed by atoms with E-state index in [1.165, 1.54) is 0 Å². The van der Waals surface area contributed by atoms with Gasteiger partial charge in [0.2, 0.25) is 5.89 Å². The van der Waals surface area contributed by atoms with Gasteiger partial charge in [0.05, 0.1) is 6.61 Å². The van der Waals surface area contributed by atoms with Crippen LogP contribution in [0.4, 0.5) is 0 Å². The van der Waals surface area contributed by atoms with Gasteiger partial charge in [-0.15, -0.1) is 0 Å². The van der Waals surface area contributed by atoms with E-state index in [4.69, 9.17) is 26.5 Å². The zero-order chi connectivity index (χ0) is 16.7. The van der Waals surface area contributed by atoms with E-state index in [1.807, 2.05) is 37.3 Å². The number of nitrogens with zero attached hydrogens (tertiary/aromatic N) is 2. The average Bonchev–Trinajstić information content (AvgIpc) is 2.98. The van der Waals surface area contributed by atoms with Gasteiger partial charge in [-0.25, -0.2) is 4.98 Å². The molecule has 6 heteroatoms. The smallest absolute Gasteiger partial charge is 0.227 e. The maximum absolute atomic E-state index is 6.01. The Kier molecular flexibility index (Phi) is 3.55. The summed E-state index contributed by atoms with van der Waals surface area (Å²) in [5.74, 6) is 1.05. The van der Waals surface area contributed by atoms with Gasteiger partial charge in [-0.2, -0.15) is 0 Å². The monoisotopic (exact) mass is 341 g/mol. The average molecular weight is 342 g/mol. The molecule has 0 aliphatic carbocycles. The number of hydrogen-bond acceptors (Lipinski definition) is 5. The van der Waals surface area contributed by atoms with Crippen LogP contribution in [0.5, 0.6) is 0 Å². The number of aliphatic imine (C=N–C) groups is 1. The zero-order valence-electron chi connectivity index (χ0n) is 13.1. The fourth-order valence-corrected chi connectivity index (χ4v) is 3.06. The second kappa shape index (κ2) is 5.61. The van der Waals surface area contributed by atoms with Crippen LogP contribution < -0.4 is 5.73 Å². The van der Waals surface area contributed by atoms with Crippen molar-refractivity contribution < 1.29 is 9.15 Å². The van der Waals surface area contributed by atoms with E-state index in [2.05, 4.69) is 9.98 Å². The van der Waals surface area contributed by atoms with Gasteiger partial charge in [0.25, 0.3) is 0 Å². The number of ether oxygens (including phenoxy) is 1. The predicted molar refractivity (Wildman–Crippen MR) is 94.2 cm³/mol. The molecule has 2 N–H and O–H groups in total. The molecule has 3 aromatic rings. The van der Waals surface area contributed by atoms with Gasteiger partial charge in [-0.3, -0.25) is 4.99 Å². The highest BCUT2D eigenvalue weighted by Gasteiger charge is 2.30. The topological polar surface area (TPSA) is 73.6 Å². The molecular formula is C18H16ClN3O2. The van der Waals surface area contributed by atoms with Crippen LogP contribution in [-0.4, -0.2) is 24.0 Å². The van der Waals surface area contributed by atoms with Crippen LogP contribution in [0.15, 0.2) is 51.9 Å². The summed E-state index contributed by atoms with van der Waals surface area (Å²) in [6.07, 6.45) is 0. The summed E-state index contributed by atoms with van der Waals surface area (Å²) in [6, 6.07) is 13.3. The molecule has 0 amide bonds. The predicted octanol–water partition coefficient (Wildman–Crippen LogP) is 3.75. The minimum Gasteiger partial charge on any atom is -0.436 e. The van der Waals surface area contributed by atoms with Gasteiger partial charge < -0.3 is 14.9 Å². The van der Waals surface area contributed by atoms with Crippen molar-refractivity contribution in [3.63, 3.8) is 0 Å². The van der Waals surface area contributed by atoms with Crippen LogP contribution in [0.25, 0.3) is 22.6 Å². The van der Waals surface area contributed by atoms with Crippen molar-refractivity contribution in [2.75, 3.05) is 13.2 Å². The Morgan fingerprint density at radius 1 is 1.21 bits per heavy atom. The van der Waals surface area contributed by atoms with Crippen LogP contribution >= 0.6 is 11.6 Å². The summed E-state index contributed by atoms with van der Waals surface area (Å²) >= 11 is 6.01. The van der Waals surface area contributed by atoms with Gasteiger partial charge in [0.1, 0.15) is 23.5 Å². The molecular weight excluding hydrogens is 326 g/mol. The standard InChI is InChI=1S/C18H16ClN3O2/c1-18(10-23-9-16(20)22-18)12-4-2-3-11(7-12)17-21-14-8-13(19)5-6-15(14)24-17/h2-8H,9-10H2,1H3,(H2,20,22)/t18-/m1/s1. The fourth-order valence-electron chi connectivity index (χ4n) is 2.90. The lowest BCUT2D eigenvalue weighted by atomic mass is 9.91. The minimum atomic E-state index is -0.506. The van der Waals surface area contributed by atoms with Crippen molar-refractivity contribution in [3.8, 4) is 11.5 Å². The molecule has 2 aromatic carbocycles. The third-order valence-corrected chi connectivity index (χ3v) is 4.34. The first kappa shape index (κ1) is 15.2. The molecule has 24 heavy (non-hydrogen) atoms. The van der Waals surface area contributed by atoms with E-state index in [0.29, 0.717) is 35.5 Å². The van der Waals surface area contributed by atoms with Crippen LogP contribution in [0.2, 0.25) is 5.02 Å². The molecule has 0 unspecified atom stereocenters. The third-order valence-electron chi connectivity index (χ3n) is 4.10. The van der Waals surface area contributed by atoms with Crippen molar-refractivity contribution in [3.05, 3.63) is 53.1 Å². The zero-order valence-corrected chi connectivity index (χ0v) is 13.9. The first-order chi connectivity index (χ1) is 11.5. The molecule has 1 aliphatic rings. The molecule has 0 saturated heterocycles. The third kappa shape index (κ3) is 2.66. The Labute approximate surface area is 144 Å². The summed E-state index contributed by atoms with van der Waals surface area (Å²) in [5.41, 5.74) is 8.65. The molecule has 0 saturated carbocycles. The lowest BCUT2D eigenvalue weighted by Crippen LogP contribution is -2.37. The van der Waals surface area contributed by atoms with Crippen LogP contribution in [0.3, 0.4) is 0 Å². The highest BCUT2D eigenvalue weighted by Crippen LogP contribution is 2.32. The quantitative estimate of drug-likeness (QED) is 0.770. The lowest BCUT2D eigenvalue weighted by Gasteiger charge is -2.30. The number of rotatable bonds is 2. The molecule has 1 atom stereocenters. The second-order valence-corrected chi connectivity index (χ2v) is 6.52. The van der Waals surface area contributed by atoms with E-state index in [9.17, 15) is 0 Å². The Balaban J connectivity index is 1.78. The first-order valence-corrected chi connectivity index (χ1v) is 8.00. The molecule has 2 heterocycles. The number of oxazole rings is 1. The van der Waals surface area contributed by atoms with Crippen molar-refractivity contribution in [1.29, 1.82) is 0 Å². The summed E-state index contributed by atoms with van der Waals surface area (Å²) in [5, 5.41) is 0.632. The maximum Gasteiger partial charge on any atom is 0.227 e. The van der Waals surface area contributed by atoms with E-state index < -0.39 is 5.54 Å². The van der Waals surface area contributed by atoms with E-state index in [1.54, 1.807) is 12.1 Å². The van der Waals surface area contributed by atoms with E-state index >= 15 is 0 Å². The lowest BCUT2D eigenvalue weighted by molar-refractivity contribution is 0.106.